The quantitative estimate of drug-likeness (QED) is 0.793. The molecule has 0 radical (unpaired) electrons. The molecule has 2 rings (SSSR count). The van der Waals surface area contributed by atoms with Crippen LogP contribution < -0.4 is 20.0 Å². The van der Waals surface area contributed by atoms with Crippen molar-refractivity contribution < 1.29 is 23.5 Å². The van der Waals surface area contributed by atoms with Crippen LogP contribution in [0.5, 0.6) is 17.2 Å². The molecule has 1 aromatic heterocycles. The van der Waals surface area contributed by atoms with Crippen LogP contribution in [0.2, 0.25) is 0 Å². The van der Waals surface area contributed by atoms with Crippen LogP contribution in [0.25, 0.3) is 11.4 Å². The van der Waals surface area contributed by atoms with E-state index in [-0.39, 0.29) is 22.9 Å². The van der Waals surface area contributed by atoms with E-state index in [0.717, 1.165) is 0 Å². The molecule has 0 aliphatic rings. The van der Waals surface area contributed by atoms with E-state index in [2.05, 4.69) is 9.68 Å². The van der Waals surface area contributed by atoms with Gasteiger partial charge in [0.2, 0.25) is 5.82 Å². The van der Waals surface area contributed by atoms with E-state index in [0.29, 0.717) is 10.3 Å². The van der Waals surface area contributed by atoms with E-state index in [4.69, 9.17) is 25.8 Å². The Morgan fingerprint density at radius 3 is 2.19 bits per heavy atom. The van der Waals surface area contributed by atoms with Gasteiger partial charge in [0.05, 0.1) is 21.3 Å². The summed E-state index contributed by atoms with van der Waals surface area (Å²) in [6, 6.07) is 3.08. The number of ether oxygens (including phenoxy) is 3. The lowest BCUT2D eigenvalue weighted by atomic mass is 10.1. The van der Waals surface area contributed by atoms with Gasteiger partial charge < -0.3 is 14.2 Å². The van der Waals surface area contributed by atoms with Gasteiger partial charge >= 0.3 is 11.1 Å². The second-order valence-corrected chi connectivity index (χ2v) is 4.09. The van der Waals surface area contributed by atoms with Gasteiger partial charge in [-0.2, -0.15) is 4.57 Å². The predicted octanol–water partition coefficient (Wildman–Crippen LogP) is 1.74. The molecule has 1 heterocycles. The van der Waals surface area contributed by atoms with Gasteiger partial charge in [0, 0.05) is 12.1 Å². The molecule has 0 amide bonds. The Hall–Kier alpha value is -2.48. The van der Waals surface area contributed by atoms with Gasteiger partial charge in [-0.25, -0.2) is 4.79 Å². The molecule has 0 spiro atoms. The third kappa shape index (κ3) is 2.57. The molecule has 0 saturated heterocycles. The van der Waals surface area contributed by atoms with Crippen LogP contribution in [-0.2, 0) is 0 Å². The molecule has 1 aromatic carbocycles. The zero-order chi connectivity index (χ0) is 15.6. The highest BCUT2D eigenvalue weighted by Crippen LogP contribution is 2.40. The Labute approximate surface area is 123 Å². The second-order valence-electron chi connectivity index (χ2n) is 3.77. The molecule has 9 heteroatoms. The fraction of sp³-hybridized carbons (Fsp3) is 0.250. The van der Waals surface area contributed by atoms with Crippen LogP contribution in [0.15, 0.2) is 21.5 Å². The number of aromatic nitrogens is 2. The van der Waals surface area contributed by atoms with Crippen LogP contribution in [0.4, 0.5) is 4.79 Å². The highest BCUT2D eigenvalue weighted by Gasteiger charge is 2.25. The summed E-state index contributed by atoms with van der Waals surface area (Å²) in [5.41, 5.74) is 0.237. The first-order chi connectivity index (χ1) is 10.0. The number of carbonyl (C=O) groups excluding carboxylic acids is 1. The van der Waals surface area contributed by atoms with Crippen LogP contribution >= 0.6 is 11.6 Å². The number of nitrogens with zero attached hydrogens (tertiary/aromatic N) is 2. The summed E-state index contributed by atoms with van der Waals surface area (Å²) in [5, 5.41) is 2.49. The van der Waals surface area contributed by atoms with Crippen LogP contribution in [0.1, 0.15) is 0 Å². The number of hydrogen-bond donors (Lipinski definition) is 0. The minimum absolute atomic E-state index is 0.128. The van der Waals surface area contributed by atoms with Crippen LogP contribution in [-0.4, -0.2) is 36.4 Å². The lowest BCUT2D eigenvalue weighted by Crippen LogP contribution is -2.19. The summed E-state index contributed by atoms with van der Waals surface area (Å²) in [6.07, 6.45) is 0. The Morgan fingerprint density at radius 2 is 1.76 bits per heavy atom. The van der Waals surface area contributed by atoms with Crippen molar-refractivity contribution in [3.05, 3.63) is 22.7 Å². The molecule has 0 atom stereocenters. The Bertz CT molecular complexity index is 711. The van der Waals surface area contributed by atoms with Gasteiger partial charge in [-0.05, 0) is 11.6 Å². The maximum absolute atomic E-state index is 11.5. The van der Waals surface area contributed by atoms with Crippen molar-refractivity contribution >= 4 is 17.0 Å². The standard InChI is InChI=1S/C12H11ClN2O6/c1-18-6-4-7(19-2)9(8(5-6)20-3)10-14-21-12(17)15(10)11(13)16/h4-5H,1-3H3. The molecule has 2 aromatic rings. The molecule has 0 unspecified atom stereocenters. The van der Waals surface area contributed by atoms with Crippen molar-refractivity contribution in [2.45, 2.75) is 0 Å². The topological polar surface area (TPSA) is 92.8 Å². The summed E-state index contributed by atoms with van der Waals surface area (Å²) in [7, 11) is 4.29. The van der Waals surface area contributed by atoms with Crippen molar-refractivity contribution in [1.82, 2.24) is 9.72 Å². The van der Waals surface area contributed by atoms with E-state index in [1.807, 2.05) is 0 Å². The highest BCUT2D eigenvalue weighted by molar-refractivity contribution is 6.63. The van der Waals surface area contributed by atoms with E-state index < -0.39 is 11.1 Å². The van der Waals surface area contributed by atoms with Gasteiger partial charge in [0.25, 0.3) is 0 Å². The fourth-order valence-corrected chi connectivity index (χ4v) is 1.94. The zero-order valence-electron chi connectivity index (χ0n) is 11.4. The molecule has 8 nitrogen and oxygen atoms in total. The Morgan fingerprint density at radius 1 is 1.19 bits per heavy atom. The smallest absolute Gasteiger partial charge is 0.449 e. The number of benzene rings is 1. The zero-order valence-corrected chi connectivity index (χ0v) is 12.1. The fourth-order valence-electron chi connectivity index (χ4n) is 1.79. The normalized spacial score (nSPS) is 10.3. The highest BCUT2D eigenvalue weighted by atomic mass is 35.5. The van der Waals surface area contributed by atoms with E-state index in [1.165, 1.54) is 21.3 Å². The van der Waals surface area contributed by atoms with Gasteiger partial charge in [-0.1, -0.05) is 5.16 Å². The van der Waals surface area contributed by atoms with Gasteiger partial charge in [-0.15, -0.1) is 0 Å². The molecule has 0 aliphatic heterocycles. The summed E-state index contributed by atoms with van der Waals surface area (Å²) < 4.78 is 20.6. The maximum atomic E-state index is 11.5. The third-order valence-electron chi connectivity index (χ3n) is 2.72. The first kappa shape index (κ1) is 14.9. The van der Waals surface area contributed by atoms with E-state index in [9.17, 15) is 9.59 Å². The third-order valence-corrected chi connectivity index (χ3v) is 2.89. The van der Waals surface area contributed by atoms with Crippen molar-refractivity contribution in [1.29, 1.82) is 0 Å². The Balaban J connectivity index is 2.80. The van der Waals surface area contributed by atoms with Crippen molar-refractivity contribution in [3.8, 4) is 28.6 Å². The maximum Gasteiger partial charge on any atom is 0.449 e. The number of hydrogen-bond acceptors (Lipinski definition) is 7. The SMILES string of the molecule is COc1cc(OC)c(-c2noc(=O)n2C(=O)Cl)c(OC)c1. The average Bonchev–Trinajstić information content (AvgIpc) is 2.87. The molecule has 21 heavy (non-hydrogen) atoms. The van der Waals surface area contributed by atoms with E-state index in [1.54, 1.807) is 12.1 Å². The molecule has 0 saturated carbocycles. The number of rotatable bonds is 4. The molecule has 0 aliphatic carbocycles. The number of methoxy groups -OCH3 is 3. The molecule has 0 fully saturated rings. The van der Waals surface area contributed by atoms with Crippen molar-refractivity contribution in [2.75, 3.05) is 21.3 Å². The van der Waals surface area contributed by atoms with Gasteiger partial charge in [-0.3, -0.25) is 9.32 Å². The molecular weight excluding hydrogens is 304 g/mol. The second kappa shape index (κ2) is 5.88. The lowest BCUT2D eigenvalue weighted by Gasteiger charge is -2.13. The predicted molar refractivity (Wildman–Crippen MR) is 72.5 cm³/mol. The minimum Gasteiger partial charge on any atom is -0.496 e. The first-order valence-electron chi connectivity index (χ1n) is 5.62. The molecule has 0 bridgehead atoms. The first-order valence-corrected chi connectivity index (χ1v) is 6.00. The minimum atomic E-state index is -1.06. The summed E-state index contributed by atoms with van der Waals surface area (Å²) >= 11 is 5.37. The monoisotopic (exact) mass is 314 g/mol. The van der Waals surface area contributed by atoms with Crippen LogP contribution in [0.3, 0.4) is 0 Å². The van der Waals surface area contributed by atoms with E-state index >= 15 is 0 Å². The number of carbonyl (C=O) groups is 1. The molecule has 0 N–H and O–H groups in total. The number of halogens is 1. The van der Waals surface area contributed by atoms with Gasteiger partial charge in [0.15, 0.2) is 0 Å². The Kier molecular flexibility index (Phi) is 4.18. The largest absolute Gasteiger partial charge is 0.496 e. The molecular formula is C12H11ClN2O6. The summed E-state index contributed by atoms with van der Waals surface area (Å²) in [5.74, 6) is -0.138. The van der Waals surface area contributed by atoms with Crippen molar-refractivity contribution in [2.24, 2.45) is 0 Å². The van der Waals surface area contributed by atoms with Crippen LogP contribution in [0, 0.1) is 0 Å². The lowest BCUT2D eigenvalue weighted by molar-refractivity contribution is 0.259. The summed E-state index contributed by atoms with van der Waals surface area (Å²) in [4.78, 5) is 22.9. The average molecular weight is 315 g/mol. The molecule has 112 valence electrons. The summed E-state index contributed by atoms with van der Waals surface area (Å²) in [6.45, 7) is 0. The van der Waals surface area contributed by atoms with Crippen molar-refractivity contribution in [3.63, 3.8) is 0 Å². The van der Waals surface area contributed by atoms with Gasteiger partial charge in [0.1, 0.15) is 22.8 Å².